The number of benzene rings is 1. The second-order valence-corrected chi connectivity index (χ2v) is 9.45. The molecule has 1 aliphatic rings. The lowest BCUT2D eigenvalue weighted by Crippen LogP contribution is -2.24. The molecule has 4 rings (SSSR count). The molecule has 0 aliphatic heterocycles. The van der Waals surface area contributed by atoms with Gasteiger partial charge in [-0.15, -0.1) is 11.3 Å². The first kappa shape index (κ1) is 21.3. The quantitative estimate of drug-likeness (QED) is 0.188. The van der Waals surface area contributed by atoms with Gasteiger partial charge in [-0.3, -0.25) is 24.3 Å². The summed E-state index contributed by atoms with van der Waals surface area (Å²) in [4.78, 5) is 42.7. The first-order valence-electron chi connectivity index (χ1n) is 9.70. The van der Waals surface area contributed by atoms with E-state index in [2.05, 4.69) is 11.9 Å². The van der Waals surface area contributed by atoms with E-state index in [4.69, 9.17) is 4.98 Å². The summed E-state index contributed by atoms with van der Waals surface area (Å²) in [7, 11) is 0. The van der Waals surface area contributed by atoms with Gasteiger partial charge in [0.25, 0.3) is 11.2 Å². The summed E-state index contributed by atoms with van der Waals surface area (Å²) in [6, 6.07) is 5.76. The van der Waals surface area contributed by atoms with Crippen molar-refractivity contribution in [2.45, 2.75) is 37.9 Å². The van der Waals surface area contributed by atoms with E-state index in [0.717, 1.165) is 30.4 Å². The van der Waals surface area contributed by atoms with Gasteiger partial charge in [0.2, 0.25) is 5.91 Å². The van der Waals surface area contributed by atoms with Crippen LogP contribution in [0.3, 0.4) is 0 Å². The van der Waals surface area contributed by atoms with Crippen molar-refractivity contribution in [2.24, 2.45) is 0 Å². The Bertz CT molecular complexity index is 1280. The maximum Gasteiger partial charge on any atom is 0.271 e. The number of rotatable bonds is 7. The fraction of sp³-hybridized carbons (Fsp3) is 0.286. The van der Waals surface area contributed by atoms with Crippen LogP contribution in [-0.2, 0) is 24.2 Å². The molecule has 8 nitrogen and oxygen atoms in total. The zero-order chi connectivity index (χ0) is 22.1. The number of nitrogens with zero attached hydrogens (tertiary/aromatic N) is 3. The molecule has 0 atom stereocenters. The molecule has 10 heteroatoms. The number of thioether (sulfide) groups is 1. The van der Waals surface area contributed by atoms with Crippen LogP contribution in [0.2, 0.25) is 0 Å². The van der Waals surface area contributed by atoms with Gasteiger partial charge in [0, 0.05) is 29.2 Å². The molecule has 0 radical (unpaired) electrons. The third kappa shape index (κ3) is 4.40. The number of nitro benzene ring substituents is 1. The molecule has 0 saturated carbocycles. The highest BCUT2D eigenvalue weighted by atomic mass is 32.2. The SMILES string of the molecule is C=C(C)Cn1c(SCC(=O)Nc2cccc([N+](=O)[O-])c2)nc2sc3c(c2c1=O)CCC3. The molecule has 0 spiro atoms. The number of allylic oxidation sites excluding steroid dienone is 1. The highest BCUT2D eigenvalue weighted by molar-refractivity contribution is 7.99. The number of amides is 1. The zero-order valence-electron chi connectivity index (χ0n) is 16.8. The summed E-state index contributed by atoms with van der Waals surface area (Å²) in [5, 5.41) is 14.7. The number of nitrogens with one attached hydrogen (secondary N) is 1. The first-order valence-corrected chi connectivity index (χ1v) is 11.5. The normalized spacial score (nSPS) is 12.7. The van der Waals surface area contributed by atoms with Gasteiger partial charge >= 0.3 is 0 Å². The lowest BCUT2D eigenvalue weighted by Gasteiger charge is -2.12. The van der Waals surface area contributed by atoms with Crippen LogP contribution < -0.4 is 10.9 Å². The molecule has 2 heterocycles. The Balaban J connectivity index is 1.58. The molecule has 0 saturated heterocycles. The summed E-state index contributed by atoms with van der Waals surface area (Å²) in [5.74, 6) is -0.322. The van der Waals surface area contributed by atoms with Gasteiger partial charge in [0.1, 0.15) is 4.83 Å². The zero-order valence-corrected chi connectivity index (χ0v) is 18.5. The Morgan fingerprint density at radius 3 is 2.97 bits per heavy atom. The number of anilines is 1. The van der Waals surface area contributed by atoms with Crippen molar-refractivity contribution in [2.75, 3.05) is 11.1 Å². The van der Waals surface area contributed by atoms with Crippen molar-refractivity contribution in [1.82, 2.24) is 9.55 Å². The first-order chi connectivity index (χ1) is 14.8. The smallest absolute Gasteiger partial charge is 0.271 e. The molecular formula is C21H20N4O4S2. The maximum absolute atomic E-state index is 13.3. The molecule has 1 aliphatic carbocycles. The van der Waals surface area contributed by atoms with E-state index < -0.39 is 4.92 Å². The minimum Gasteiger partial charge on any atom is -0.325 e. The van der Waals surface area contributed by atoms with Crippen LogP contribution in [0.15, 0.2) is 46.4 Å². The summed E-state index contributed by atoms with van der Waals surface area (Å²) < 4.78 is 1.58. The van der Waals surface area contributed by atoms with Crippen molar-refractivity contribution in [3.63, 3.8) is 0 Å². The van der Waals surface area contributed by atoms with Gasteiger partial charge in [-0.1, -0.05) is 30.0 Å². The highest BCUT2D eigenvalue weighted by Crippen LogP contribution is 2.35. The van der Waals surface area contributed by atoms with E-state index in [0.29, 0.717) is 27.6 Å². The monoisotopic (exact) mass is 456 g/mol. The van der Waals surface area contributed by atoms with Crippen LogP contribution in [0, 0.1) is 10.1 Å². The van der Waals surface area contributed by atoms with Gasteiger partial charge in [-0.05, 0) is 37.8 Å². The van der Waals surface area contributed by atoms with Crippen molar-refractivity contribution in [3.05, 3.63) is 67.3 Å². The molecule has 2 aromatic heterocycles. The number of nitro groups is 1. The Labute approximate surface area is 186 Å². The summed E-state index contributed by atoms with van der Waals surface area (Å²) in [6.45, 7) is 6.10. The van der Waals surface area contributed by atoms with Gasteiger partial charge in [-0.25, -0.2) is 4.98 Å². The number of hydrogen-bond acceptors (Lipinski definition) is 7. The molecule has 31 heavy (non-hydrogen) atoms. The minimum atomic E-state index is -0.516. The van der Waals surface area contributed by atoms with E-state index in [1.54, 1.807) is 22.0 Å². The van der Waals surface area contributed by atoms with Crippen LogP contribution in [0.4, 0.5) is 11.4 Å². The van der Waals surface area contributed by atoms with E-state index >= 15 is 0 Å². The molecule has 0 bridgehead atoms. The largest absolute Gasteiger partial charge is 0.325 e. The van der Waals surface area contributed by atoms with Crippen LogP contribution in [0.5, 0.6) is 0 Å². The molecule has 0 fully saturated rings. The number of carbonyl (C=O) groups is 1. The third-order valence-corrected chi connectivity index (χ3v) is 7.05. The van der Waals surface area contributed by atoms with Crippen molar-refractivity contribution >= 4 is 50.6 Å². The van der Waals surface area contributed by atoms with E-state index in [-0.39, 0.29) is 22.9 Å². The molecule has 0 unspecified atom stereocenters. The topological polar surface area (TPSA) is 107 Å². The molecule has 1 N–H and O–H groups in total. The predicted molar refractivity (Wildman–Crippen MR) is 123 cm³/mol. The maximum atomic E-state index is 13.3. The number of aryl methyl sites for hydroxylation is 2. The number of non-ortho nitro benzene ring substituents is 1. The number of hydrogen-bond donors (Lipinski definition) is 1. The lowest BCUT2D eigenvalue weighted by atomic mass is 10.2. The third-order valence-electron chi connectivity index (χ3n) is 4.89. The van der Waals surface area contributed by atoms with E-state index in [1.807, 2.05) is 6.92 Å². The average molecular weight is 457 g/mol. The minimum absolute atomic E-state index is 0.0158. The van der Waals surface area contributed by atoms with Crippen LogP contribution in [0.25, 0.3) is 10.2 Å². The predicted octanol–water partition coefficient (Wildman–Crippen LogP) is 4.16. The van der Waals surface area contributed by atoms with Crippen molar-refractivity contribution < 1.29 is 9.72 Å². The number of thiophene rings is 1. The van der Waals surface area contributed by atoms with Gasteiger partial charge in [0.15, 0.2) is 5.16 Å². The van der Waals surface area contributed by atoms with Crippen LogP contribution >= 0.6 is 23.1 Å². The molecule has 1 amide bonds. The highest BCUT2D eigenvalue weighted by Gasteiger charge is 2.23. The summed E-state index contributed by atoms with van der Waals surface area (Å²) in [5.41, 5.74) is 2.09. The second-order valence-electron chi connectivity index (χ2n) is 7.42. The number of fused-ring (bicyclic) bond motifs is 3. The van der Waals surface area contributed by atoms with Crippen molar-refractivity contribution in [3.8, 4) is 0 Å². The second kappa shape index (κ2) is 8.64. The molecule has 1 aromatic carbocycles. The van der Waals surface area contributed by atoms with Crippen LogP contribution in [-0.4, -0.2) is 26.1 Å². The Kier molecular flexibility index (Phi) is 5.92. The fourth-order valence-corrected chi connectivity index (χ4v) is 5.70. The lowest BCUT2D eigenvalue weighted by molar-refractivity contribution is -0.384. The average Bonchev–Trinajstić information content (AvgIpc) is 3.29. The van der Waals surface area contributed by atoms with Gasteiger partial charge in [0.05, 0.1) is 16.1 Å². The van der Waals surface area contributed by atoms with Gasteiger partial charge < -0.3 is 5.32 Å². The summed E-state index contributed by atoms with van der Waals surface area (Å²) in [6.07, 6.45) is 2.94. The standard InChI is InChI=1S/C21H20N4O4S2/c1-12(2)10-24-20(27)18-15-7-4-8-16(15)31-19(18)23-21(24)30-11-17(26)22-13-5-3-6-14(9-13)25(28)29/h3,5-6,9H,1,4,7-8,10-11H2,2H3,(H,22,26). The van der Waals surface area contributed by atoms with Crippen LogP contribution in [0.1, 0.15) is 23.8 Å². The molecule has 160 valence electrons. The number of aromatic nitrogens is 2. The Hall–Kier alpha value is -2.98. The molecule has 3 aromatic rings. The van der Waals surface area contributed by atoms with E-state index in [9.17, 15) is 19.7 Å². The van der Waals surface area contributed by atoms with Gasteiger partial charge in [-0.2, -0.15) is 0 Å². The Morgan fingerprint density at radius 2 is 2.23 bits per heavy atom. The van der Waals surface area contributed by atoms with Crippen molar-refractivity contribution in [1.29, 1.82) is 0 Å². The Morgan fingerprint density at radius 1 is 1.42 bits per heavy atom. The number of carbonyl (C=O) groups excluding carboxylic acids is 1. The van der Waals surface area contributed by atoms with E-state index in [1.165, 1.54) is 34.8 Å². The fourth-order valence-electron chi connectivity index (χ4n) is 3.60. The summed E-state index contributed by atoms with van der Waals surface area (Å²) >= 11 is 2.73. The molecular weight excluding hydrogens is 436 g/mol.